The van der Waals surface area contributed by atoms with E-state index in [0.717, 1.165) is 5.03 Å². The van der Waals surface area contributed by atoms with Gasteiger partial charge in [0.2, 0.25) is 0 Å². The summed E-state index contributed by atoms with van der Waals surface area (Å²) in [6, 6.07) is 3.61. The van der Waals surface area contributed by atoms with E-state index in [-0.39, 0.29) is 12.0 Å². The molecule has 1 rings (SSSR count). The predicted molar refractivity (Wildman–Crippen MR) is 69.3 cm³/mol. The minimum Gasteiger partial charge on any atom is -0.393 e. The van der Waals surface area contributed by atoms with Gasteiger partial charge in [-0.05, 0) is 31.7 Å². The van der Waals surface area contributed by atoms with Crippen LogP contribution in [0.4, 0.5) is 0 Å². The van der Waals surface area contributed by atoms with Crippen LogP contribution in [0.25, 0.3) is 0 Å². The lowest BCUT2D eigenvalue weighted by atomic mass is 10.2. The highest BCUT2D eigenvalue weighted by molar-refractivity contribution is 7.98. The fourth-order valence-corrected chi connectivity index (χ4v) is 1.69. The molecule has 17 heavy (non-hydrogen) atoms. The maximum atomic E-state index is 12.0. The van der Waals surface area contributed by atoms with Gasteiger partial charge in [-0.3, -0.25) is 4.79 Å². The molecule has 0 aliphatic carbocycles. The third kappa shape index (κ3) is 4.36. The fourth-order valence-electron chi connectivity index (χ4n) is 1.33. The van der Waals surface area contributed by atoms with Gasteiger partial charge in [0.1, 0.15) is 0 Å². The second-order valence-corrected chi connectivity index (χ2v) is 4.78. The van der Waals surface area contributed by atoms with Gasteiger partial charge in [-0.15, -0.1) is 11.8 Å². The average Bonchev–Trinajstić information content (AvgIpc) is 2.35. The largest absolute Gasteiger partial charge is 0.393 e. The normalized spacial score (nSPS) is 12.2. The molecular weight excluding hydrogens is 236 g/mol. The lowest BCUT2D eigenvalue weighted by Gasteiger charge is -2.17. The molecule has 1 amide bonds. The molecule has 1 heterocycles. The fraction of sp³-hybridized carbons (Fsp3) is 0.500. The second kappa shape index (κ2) is 6.61. The summed E-state index contributed by atoms with van der Waals surface area (Å²) in [4.78, 5) is 17.7. The summed E-state index contributed by atoms with van der Waals surface area (Å²) in [6.07, 6.45) is 3.73. The zero-order valence-corrected chi connectivity index (χ0v) is 11.2. The molecule has 0 spiro atoms. The van der Waals surface area contributed by atoms with Gasteiger partial charge in [0, 0.05) is 19.8 Å². The van der Waals surface area contributed by atoms with Crippen molar-refractivity contribution >= 4 is 17.7 Å². The first-order valence-corrected chi connectivity index (χ1v) is 6.70. The van der Waals surface area contributed by atoms with Crippen LogP contribution in [0.2, 0.25) is 0 Å². The highest BCUT2D eigenvalue weighted by Crippen LogP contribution is 2.12. The average molecular weight is 254 g/mol. The topological polar surface area (TPSA) is 53.4 Å². The number of carbonyl (C=O) groups is 1. The molecule has 94 valence electrons. The summed E-state index contributed by atoms with van der Waals surface area (Å²) in [5.41, 5.74) is 0.580. The van der Waals surface area contributed by atoms with Gasteiger partial charge < -0.3 is 10.0 Å². The lowest BCUT2D eigenvalue weighted by molar-refractivity contribution is 0.0768. The van der Waals surface area contributed by atoms with E-state index in [1.165, 1.54) is 0 Å². The molecule has 1 unspecified atom stereocenters. The number of pyridine rings is 1. The van der Waals surface area contributed by atoms with E-state index in [1.54, 1.807) is 42.9 Å². The van der Waals surface area contributed by atoms with Gasteiger partial charge in [-0.25, -0.2) is 4.98 Å². The van der Waals surface area contributed by atoms with Gasteiger partial charge in [0.25, 0.3) is 5.91 Å². The Bertz CT molecular complexity index is 365. The van der Waals surface area contributed by atoms with Crippen LogP contribution in [-0.2, 0) is 0 Å². The van der Waals surface area contributed by atoms with Crippen molar-refractivity contribution in [3.8, 4) is 0 Å². The molecule has 0 saturated heterocycles. The van der Waals surface area contributed by atoms with Gasteiger partial charge in [-0.1, -0.05) is 0 Å². The zero-order valence-electron chi connectivity index (χ0n) is 10.4. The molecule has 0 aromatic carbocycles. The number of nitrogens with zero attached hydrogens (tertiary/aromatic N) is 2. The van der Waals surface area contributed by atoms with E-state index >= 15 is 0 Å². The summed E-state index contributed by atoms with van der Waals surface area (Å²) in [7, 11) is 1.73. The standard InChI is InChI=1S/C12H18N2O2S/c1-9(15)6-7-14(2)12(16)10-4-5-11(17-3)13-8-10/h4-5,8-9,15H,6-7H2,1-3H3. The molecule has 0 fully saturated rings. The molecule has 1 atom stereocenters. The number of carbonyl (C=O) groups excluding carboxylic acids is 1. The maximum absolute atomic E-state index is 12.0. The van der Waals surface area contributed by atoms with Crippen LogP contribution in [0.15, 0.2) is 23.4 Å². The predicted octanol–water partition coefficient (Wildman–Crippen LogP) is 1.65. The molecule has 1 N–H and O–H groups in total. The first-order valence-electron chi connectivity index (χ1n) is 5.48. The van der Waals surface area contributed by atoms with E-state index in [2.05, 4.69) is 4.98 Å². The van der Waals surface area contributed by atoms with Crippen LogP contribution in [0.5, 0.6) is 0 Å². The van der Waals surface area contributed by atoms with Gasteiger partial charge in [0.15, 0.2) is 0 Å². The van der Waals surface area contributed by atoms with Crippen LogP contribution in [0, 0.1) is 0 Å². The first kappa shape index (κ1) is 14.0. The quantitative estimate of drug-likeness (QED) is 0.812. The van der Waals surface area contributed by atoms with Crippen LogP contribution >= 0.6 is 11.8 Å². The van der Waals surface area contributed by atoms with Crippen molar-refractivity contribution in [1.29, 1.82) is 0 Å². The van der Waals surface area contributed by atoms with Crippen molar-refractivity contribution in [2.45, 2.75) is 24.5 Å². The number of thioether (sulfide) groups is 1. The van der Waals surface area contributed by atoms with Crippen molar-refractivity contribution in [2.75, 3.05) is 19.8 Å². The van der Waals surface area contributed by atoms with E-state index < -0.39 is 0 Å². The minimum atomic E-state index is -0.387. The minimum absolute atomic E-state index is 0.0641. The Kier molecular flexibility index (Phi) is 5.44. The van der Waals surface area contributed by atoms with E-state index in [1.807, 2.05) is 12.3 Å². The van der Waals surface area contributed by atoms with E-state index in [9.17, 15) is 4.79 Å². The Morgan fingerprint density at radius 1 is 1.59 bits per heavy atom. The molecule has 0 radical (unpaired) electrons. The number of amides is 1. The molecular formula is C12H18N2O2S. The summed E-state index contributed by atoms with van der Waals surface area (Å²) in [5, 5.41) is 10.1. The van der Waals surface area contributed by atoms with Crippen molar-refractivity contribution in [3.63, 3.8) is 0 Å². The van der Waals surface area contributed by atoms with Crippen LogP contribution in [0.1, 0.15) is 23.7 Å². The van der Waals surface area contributed by atoms with Crippen LogP contribution in [0.3, 0.4) is 0 Å². The summed E-state index contributed by atoms with van der Waals surface area (Å²) >= 11 is 1.54. The van der Waals surface area contributed by atoms with Crippen molar-refractivity contribution in [3.05, 3.63) is 23.9 Å². The third-order valence-corrected chi connectivity index (χ3v) is 3.08. The van der Waals surface area contributed by atoms with E-state index in [4.69, 9.17) is 5.11 Å². The summed E-state index contributed by atoms with van der Waals surface area (Å²) in [6.45, 7) is 2.26. The number of aliphatic hydroxyl groups is 1. The number of rotatable bonds is 5. The van der Waals surface area contributed by atoms with Crippen LogP contribution < -0.4 is 0 Å². The van der Waals surface area contributed by atoms with Crippen molar-refractivity contribution < 1.29 is 9.90 Å². The molecule has 0 aliphatic heterocycles. The van der Waals surface area contributed by atoms with Crippen molar-refractivity contribution in [1.82, 2.24) is 9.88 Å². The molecule has 1 aromatic rings. The smallest absolute Gasteiger partial charge is 0.255 e. The van der Waals surface area contributed by atoms with Crippen molar-refractivity contribution in [2.24, 2.45) is 0 Å². The third-order valence-electron chi connectivity index (χ3n) is 2.42. The number of aliphatic hydroxyl groups excluding tert-OH is 1. The number of hydrogen-bond donors (Lipinski definition) is 1. The van der Waals surface area contributed by atoms with E-state index in [0.29, 0.717) is 18.5 Å². The Balaban J connectivity index is 2.61. The Labute approximate surface area is 106 Å². The summed E-state index contributed by atoms with van der Waals surface area (Å²) in [5.74, 6) is -0.0641. The SMILES string of the molecule is CSc1ccc(C(=O)N(C)CCC(C)O)cn1. The highest BCUT2D eigenvalue weighted by atomic mass is 32.2. The molecule has 1 aromatic heterocycles. The molecule has 4 nitrogen and oxygen atoms in total. The monoisotopic (exact) mass is 254 g/mol. The molecule has 0 aliphatic rings. The van der Waals surface area contributed by atoms with Gasteiger partial charge in [0.05, 0.1) is 16.7 Å². The Hall–Kier alpha value is -1.07. The number of hydrogen-bond acceptors (Lipinski definition) is 4. The molecule has 0 saturated carbocycles. The maximum Gasteiger partial charge on any atom is 0.255 e. The molecule has 5 heteroatoms. The van der Waals surface area contributed by atoms with Crippen LogP contribution in [-0.4, -0.2) is 46.8 Å². The Morgan fingerprint density at radius 2 is 2.29 bits per heavy atom. The zero-order chi connectivity index (χ0) is 12.8. The summed E-state index contributed by atoms with van der Waals surface area (Å²) < 4.78 is 0. The first-order chi connectivity index (χ1) is 8.04. The molecule has 0 bridgehead atoms. The second-order valence-electron chi connectivity index (χ2n) is 3.95. The Morgan fingerprint density at radius 3 is 2.76 bits per heavy atom. The lowest BCUT2D eigenvalue weighted by Crippen LogP contribution is -2.29. The van der Waals surface area contributed by atoms with Gasteiger partial charge >= 0.3 is 0 Å². The highest BCUT2D eigenvalue weighted by Gasteiger charge is 2.12. The number of aromatic nitrogens is 1. The van der Waals surface area contributed by atoms with Gasteiger partial charge in [-0.2, -0.15) is 0 Å².